The van der Waals surface area contributed by atoms with Crippen LogP contribution in [0.5, 0.6) is 0 Å². The lowest BCUT2D eigenvalue weighted by Crippen LogP contribution is -1.90. The molecule has 0 unspecified atom stereocenters. The van der Waals surface area contributed by atoms with Crippen molar-refractivity contribution >= 4 is 29.2 Å². The van der Waals surface area contributed by atoms with Gasteiger partial charge in [0.05, 0.1) is 22.6 Å². The van der Waals surface area contributed by atoms with E-state index in [1.54, 1.807) is 18.6 Å². The van der Waals surface area contributed by atoms with Gasteiger partial charge >= 0.3 is 0 Å². The van der Waals surface area contributed by atoms with Crippen LogP contribution in [0.4, 0.5) is 5.69 Å². The number of aromatic nitrogens is 3. The first-order chi connectivity index (χ1) is 12.3. The summed E-state index contributed by atoms with van der Waals surface area (Å²) < 4.78 is 1.92. The fourth-order valence-electron chi connectivity index (χ4n) is 2.45. The van der Waals surface area contributed by atoms with Gasteiger partial charge in [-0.1, -0.05) is 23.7 Å². The van der Waals surface area contributed by atoms with E-state index in [1.807, 2.05) is 65.3 Å². The first kappa shape index (κ1) is 15.4. The molecule has 0 bridgehead atoms. The summed E-state index contributed by atoms with van der Waals surface area (Å²) in [5.41, 5.74) is 7.70. The van der Waals surface area contributed by atoms with Gasteiger partial charge in [-0.3, -0.25) is 10.4 Å². The molecule has 25 heavy (non-hydrogen) atoms. The lowest BCUT2D eigenvalue weighted by molar-refractivity contribution is 1.19. The van der Waals surface area contributed by atoms with Gasteiger partial charge in [-0.15, -0.1) is 0 Å². The first-order valence-electron chi connectivity index (χ1n) is 7.72. The molecule has 1 N–H and O–H groups in total. The van der Waals surface area contributed by atoms with Crippen LogP contribution in [-0.2, 0) is 0 Å². The monoisotopic (exact) mass is 347 g/mol. The molecule has 0 saturated heterocycles. The number of hydrogen-bond acceptors (Lipinski definition) is 4. The van der Waals surface area contributed by atoms with Crippen molar-refractivity contribution in [3.63, 3.8) is 0 Å². The third-order valence-electron chi connectivity index (χ3n) is 3.71. The molecule has 3 aromatic heterocycles. The van der Waals surface area contributed by atoms with Crippen molar-refractivity contribution in [1.29, 1.82) is 0 Å². The van der Waals surface area contributed by atoms with Crippen LogP contribution >= 0.6 is 11.6 Å². The smallest absolute Gasteiger partial charge is 0.137 e. The minimum Gasteiger partial charge on any atom is -0.305 e. The maximum absolute atomic E-state index is 6.01. The Balaban J connectivity index is 1.50. The fourth-order valence-corrected chi connectivity index (χ4v) is 2.62. The number of nitrogens with one attached hydrogen (secondary N) is 1. The van der Waals surface area contributed by atoms with E-state index in [4.69, 9.17) is 11.6 Å². The van der Waals surface area contributed by atoms with Gasteiger partial charge < -0.3 is 4.40 Å². The summed E-state index contributed by atoms with van der Waals surface area (Å²) in [7, 11) is 0. The third kappa shape index (κ3) is 3.51. The lowest BCUT2D eigenvalue weighted by atomic mass is 10.1. The van der Waals surface area contributed by atoms with E-state index in [1.165, 1.54) is 0 Å². The average molecular weight is 348 g/mol. The minimum atomic E-state index is 0.683. The molecule has 0 aliphatic rings. The number of anilines is 1. The SMILES string of the molecule is Clc1ccc2nc(-c3ccc(NN=Cc4ccncc4)cc3)cn2c1. The number of imidazole rings is 1. The van der Waals surface area contributed by atoms with Crippen LogP contribution in [0.3, 0.4) is 0 Å². The Labute approximate surface area is 149 Å². The van der Waals surface area contributed by atoms with Gasteiger partial charge in [0, 0.05) is 30.4 Å². The Kier molecular flexibility index (Phi) is 4.14. The molecule has 1 aromatic carbocycles. The van der Waals surface area contributed by atoms with Crippen molar-refractivity contribution in [2.24, 2.45) is 5.10 Å². The lowest BCUT2D eigenvalue weighted by Gasteiger charge is -2.01. The molecular weight excluding hydrogens is 334 g/mol. The summed E-state index contributed by atoms with van der Waals surface area (Å²) in [4.78, 5) is 8.58. The van der Waals surface area contributed by atoms with E-state index in [9.17, 15) is 0 Å². The Morgan fingerprint density at radius 3 is 2.56 bits per heavy atom. The van der Waals surface area contributed by atoms with Crippen molar-refractivity contribution in [2.75, 3.05) is 5.43 Å². The molecule has 4 aromatic rings. The second-order valence-corrected chi connectivity index (χ2v) is 5.90. The van der Waals surface area contributed by atoms with Crippen molar-refractivity contribution in [3.05, 3.63) is 83.9 Å². The van der Waals surface area contributed by atoms with Crippen LogP contribution in [0.25, 0.3) is 16.9 Å². The molecule has 0 amide bonds. The number of rotatable bonds is 4. The Hall–Kier alpha value is -3.18. The van der Waals surface area contributed by atoms with Gasteiger partial charge in [-0.25, -0.2) is 4.98 Å². The van der Waals surface area contributed by atoms with Crippen LogP contribution in [-0.4, -0.2) is 20.6 Å². The third-order valence-corrected chi connectivity index (χ3v) is 3.93. The molecule has 0 fully saturated rings. The van der Waals surface area contributed by atoms with Crippen molar-refractivity contribution in [2.45, 2.75) is 0 Å². The maximum atomic E-state index is 6.01. The minimum absolute atomic E-state index is 0.683. The number of benzene rings is 1. The van der Waals surface area contributed by atoms with Gasteiger partial charge in [0.1, 0.15) is 5.65 Å². The number of nitrogens with zero attached hydrogens (tertiary/aromatic N) is 4. The number of hydrazone groups is 1. The first-order valence-corrected chi connectivity index (χ1v) is 8.09. The highest BCUT2D eigenvalue weighted by Gasteiger charge is 2.04. The standard InChI is InChI=1S/C19H14ClN5/c20-16-3-6-19-23-18(13-25(19)12-16)15-1-4-17(5-2-15)24-22-11-14-7-9-21-10-8-14/h1-13,24H. The van der Waals surface area contributed by atoms with E-state index in [2.05, 4.69) is 20.5 Å². The molecule has 0 aliphatic carbocycles. The number of halogens is 1. The van der Waals surface area contributed by atoms with E-state index in [-0.39, 0.29) is 0 Å². The zero-order chi connectivity index (χ0) is 17.1. The maximum Gasteiger partial charge on any atom is 0.137 e. The zero-order valence-electron chi connectivity index (χ0n) is 13.2. The number of hydrogen-bond donors (Lipinski definition) is 1. The molecule has 0 saturated carbocycles. The second kappa shape index (κ2) is 6.75. The van der Waals surface area contributed by atoms with E-state index in [0.29, 0.717) is 5.02 Å². The van der Waals surface area contributed by atoms with E-state index in [0.717, 1.165) is 28.2 Å². The highest BCUT2D eigenvalue weighted by atomic mass is 35.5. The fraction of sp³-hybridized carbons (Fsp3) is 0. The molecular formula is C19H14ClN5. The van der Waals surface area contributed by atoms with Gasteiger partial charge in [-0.05, 0) is 42.0 Å². The second-order valence-electron chi connectivity index (χ2n) is 5.47. The summed E-state index contributed by atoms with van der Waals surface area (Å²) >= 11 is 6.01. The van der Waals surface area contributed by atoms with Crippen molar-refractivity contribution in [3.8, 4) is 11.3 Å². The quantitative estimate of drug-likeness (QED) is 0.437. The Bertz CT molecular complexity index is 1020. The molecule has 0 radical (unpaired) electrons. The molecule has 5 nitrogen and oxygen atoms in total. The van der Waals surface area contributed by atoms with Crippen molar-refractivity contribution in [1.82, 2.24) is 14.4 Å². The topological polar surface area (TPSA) is 54.6 Å². The number of fused-ring (bicyclic) bond motifs is 1. The highest BCUT2D eigenvalue weighted by molar-refractivity contribution is 6.30. The molecule has 3 heterocycles. The van der Waals surface area contributed by atoms with Gasteiger partial charge in [-0.2, -0.15) is 5.10 Å². The highest BCUT2D eigenvalue weighted by Crippen LogP contribution is 2.22. The average Bonchev–Trinajstić information content (AvgIpc) is 3.06. The molecule has 0 aliphatic heterocycles. The summed E-state index contributed by atoms with van der Waals surface area (Å²) in [6.07, 6.45) is 9.03. The van der Waals surface area contributed by atoms with E-state index >= 15 is 0 Å². The zero-order valence-corrected chi connectivity index (χ0v) is 13.9. The van der Waals surface area contributed by atoms with Gasteiger partial charge in [0.2, 0.25) is 0 Å². The molecule has 0 spiro atoms. The normalized spacial score (nSPS) is 11.2. The van der Waals surface area contributed by atoms with Gasteiger partial charge in [0.15, 0.2) is 0 Å². The molecule has 6 heteroatoms. The summed E-state index contributed by atoms with van der Waals surface area (Å²) in [6.45, 7) is 0. The van der Waals surface area contributed by atoms with Crippen LogP contribution < -0.4 is 5.43 Å². The van der Waals surface area contributed by atoms with Gasteiger partial charge in [0.25, 0.3) is 0 Å². The largest absolute Gasteiger partial charge is 0.305 e. The predicted octanol–water partition coefficient (Wildman–Crippen LogP) is 4.50. The Morgan fingerprint density at radius 1 is 0.960 bits per heavy atom. The predicted molar refractivity (Wildman–Crippen MR) is 101 cm³/mol. The summed E-state index contributed by atoms with van der Waals surface area (Å²) in [6, 6.07) is 15.5. The number of pyridine rings is 2. The van der Waals surface area contributed by atoms with Crippen LogP contribution in [0, 0.1) is 0 Å². The van der Waals surface area contributed by atoms with Crippen LogP contribution in [0.15, 0.2) is 78.4 Å². The van der Waals surface area contributed by atoms with Crippen LogP contribution in [0.2, 0.25) is 5.02 Å². The summed E-state index contributed by atoms with van der Waals surface area (Å²) in [5, 5.41) is 4.90. The Morgan fingerprint density at radius 2 is 1.76 bits per heavy atom. The molecule has 0 atom stereocenters. The van der Waals surface area contributed by atoms with Crippen LogP contribution in [0.1, 0.15) is 5.56 Å². The summed E-state index contributed by atoms with van der Waals surface area (Å²) in [5.74, 6) is 0. The van der Waals surface area contributed by atoms with E-state index < -0.39 is 0 Å². The molecule has 4 rings (SSSR count). The molecule has 122 valence electrons. The van der Waals surface area contributed by atoms with Crippen molar-refractivity contribution < 1.29 is 0 Å².